The third-order valence-electron chi connectivity index (χ3n) is 2.37. The Morgan fingerprint density at radius 1 is 1.36 bits per heavy atom. The number of aromatic nitrogens is 2. The quantitative estimate of drug-likeness (QED) is 0.780. The summed E-state index contributed by atoms with van der Waals surface area (Å²) >= 11 is 0. The van der Waals surface area contributed by atoms with Crippen molar-refractivity contribution >= 4 is 5.69 Å². The fourth-order valence-electron chi connectivity index (χ4n) is 1.43. The molecule has 0 bridgehead atoms. The number of nitrogens with one attached hydrogen (secondary N) is 1. The second kappa shape index (κ2) is 4.46. The van der Waals surface area contributed by atoms with E-state index in [1.807, 2.05) is 18.7 Å². The molecule has 0 aromatic carbocycles. The van der Waals surface area contributed by atoms with E-state index in [1.54, 1.807) is 0 Å². The van der Waals surface area contributed by atoms with Gasteiger partial charge in [0.1, 0.15) is 0 Å². The van der Waals surface area contributed by atoms with E-state index < -0.39 is 0 Å². The summed E-state index contributed by atoms with van der Waals surface area (Å²) in [4.78, 5) is 2.16. The Balaban J connectivity index is 2.58. The first-order valence-corrected chi connectivity index (χ1v) is 4.91. The topological polar surface area (TPSA) is 33.1 Å². The van der Waals surface area contributed by atoms with E-state index >= 15 is 0 Å². The van der Waals surface area contributed by atoms with E-state index in [0.29, 0.717) is 0 Å². The van der Waals surface area contributed by atoms with Crippen molar-refractivity contribution in [2.24, 2.45) is 7.05 Å². The SMILES string of the molecule is Cc1nn(C)c(C)c1NCCN(C)C. The van der Waals surface area contributed by atoms with Gasteiger partial charge >= 0.3 is 0 Å². The molecule has 0 saturated heterocycles. The van der Waals surface area contributed by atoms with Gasteiger partial charge in [0.25, 0.3) is 0 Å². The molecule has 1 N–H and O–H groups in total. The molecule has 4 nitrogen and oxygen atoms in total. The van der Waals surface area contributed by atoms with Crippen molar-refractivity contribution in [2.75, 3.05) is 32.5 Å². The van der Waals surface area contributed by atoms with E-state index in [1.165, 1.54) is 11.4 Å². The van der Waals surface area contributed by atoms with Crippen molar-refractivity contribution in [3.05, 3.63) is 11.4 Å². The number of hydrogen-bond acceptors (Lipinski definition) is 3. The van der Waals surface area contributed by atoms with Gasteiger partial charge in [-0.3, -0.25) is 4.68 Å². The summed E-state index contributed by atoms with van der Waals surface area (Å²) in [6, 6.07) is 0. The third kappa shape index (κ3) is 2.48. The van der Waals surface area contributed by atoms with Gasteiger partial charge in [-0.15, -0.1) is 0 Å². The van der Waals surface area contributed by atoms with Crippen LogP contribution in [0.2, 0.25) is 0 Å². The molecule has 0 aliphatic heterocycles. The molecule has 1 heterocycles. The van der Waals surface area contributed by atoms with Crippen LogP contribution in [-0.2, 0) is 7.05 Å². The van der Waals surface area contributed by atoms with Gasteiger partial charge in [0, 0.05) is 20.1 Å². The molecule has 0 radical (unpaired) electrons. The zero-order valence-corrected chi connectivity index (χ0v) is 9.76. The molecule has 0 atom stereocenters. The maximum absolute atomic E-state index is 4.35. The average molecular weight is 196 g/mol. The normalized spacial score (nSPS) is 11.0. The fourth-order valence-corrected chi connectivity index (χ4v) is 1.43. The van der Waals surface area contributed by atoms with Gasteiger partial charge in [-0.2, -0.15) is 5.10 Å². The summed E-state index contributed by atoms with van der Waals surface area (Å²) in [6.45, 7) is 6.11. The molecule has 0 aliphatic rings. The Hall–Kier alpha value is -1.03. The van der Waals surface area contributed by atoms with Crippen LogP contribution in [0.25, 0.3) is 0 Å². The molecule has 0 aliphatic carbocycles. The predicted molar refractivity (Wildman–Crippen MR) is 59.7 cm³/mol. The number of aryl methyl sites for hydroxylation is 2. The molecule has 80 valence electrons. The Labute approximate surface area is 85.9 Å². The number of likely N-dealkylation sites (N-methyl/N-ethyl adjacent to an activating group) is 1. The number of hydrogen-bond donors (Lipinski definition) is 1. The van der Waals surface area contributed by atoms with Crippen molar-refractivity contribution in [2.45, 2.75) is 13.8 Å². The van der Waals surface area contributed by atoms with Crippen molar-refractivity contribution in [3.63, 3.8) is 0 Å². The first-order chi connectivity index (χ1) is 6.52. The lowest BCUT2D eigenvalue weighted by Crippen LogP contribution is -2.21. The van der Waals surface area contributed by atoms with Crippen LogP contribution >= 0.6 is 0 Å². The molecule has 0 fully saturated rings. The van der Waals surface area contributed by atoms with Crippen LogP contribution in [0, 0.1) is 13.8 Å². The van der Waals surface area contributed by atoms with Gasteiger partial charge in [0.05, 0.1) is 17.1 Å². The van der Waals surface area contributed by atoms with Crippen LogP contribution in [0.5, 0.6) is 0 Å². The lowest BCUT2D eigenvalue weighted by atomic mass is 10.3. The lowest BCUT2D eigenvalue weighted by molar-refractivity contribution is 0.425. The highest BCUT2D eigenvalue weighted by Gasteiger charge is 2.07. The predicted octanol–water partition coefficient (Wildman–Crippen LogP) is 1.01. The maximum atomic E-state index is 4.35. The van der Waals surface area contributed by atoms with Gasteiger partial charge in [0.15, 0.2) is 0 Å². The summed E-state index contributed by atoms with van der Waals surface area (Å²) in [5.74, 6) is 0. The maximum Gasteiger partial charge on any atom is 0.0827 e. The molecule has 0 saturated carbocycles. The Kier molecular flexibility index (Phi) is 3.52. The summed E-state index contributed by atoms with van der Waals surface area (Å²) in [7, 11) is 6.12. The van der Waals surface area contributed by atoms with Crippen molar-refractivity contribution in [1.82, 2.24) is 14.7 Å². The zero-order valence-electron chi connectivity index (χ0n) is 9.76. The first kappa shape index (κ1) is 11.0. The molecule has 4 heteroatoms. The minimum absolute atomic E-state index is 0.959. The number of anilines is 1. The number of nitrogens with zero attached hydrogens (tertiary/aromatic N) is 3. The molecular weight excluding hydrogens is 176 g/mol. The minimum Gasteiger partial charge on any atom is -0.381 e. The van der Waals surface area contributed by atoms with Crippen molar-refractivity contribution in [3.8, 4) is 0 Å². The molecule has 1 aromatic rings. The number of rotatable bonds is 4. The summed E-state index contributed by atoms with van der Waals surface area (Å²) in [5, 5.41) is 7.76. The molecule has 14 heavy (non-hydrogen) atoms. The molecule has 1 rings (SSSR count). The van der Waals surface area contributed by atoms with E-state index in [4.69, 9.17) is 0 Å². The fraction of sp³-hybridized carbons (Fsp3) is 0.700. The standard InChI is InChI=1S/C10H20N4/c1-8-10(9(2)14(5)12-8)11-6-7-13(3)4/h11H,6-7H2,1-5H3. The smallest absolute Gasteiger partial charge is 0.0827 e. The highest BCUT2D eigenvalue weighted by atomic mass is 15.3. The van der Waals surface area contributed by atoms with Gasteiger partial charge in [-0.25, -0.2) is 0 Å². The Morgan fingerprint density at radius 3 is 2.43 bits per heavy atom. The van der Waals surface area contributed by atoms with Crippen LogP contribution in [0.4, 0.5) is 5.69 Å². The first-order valence-electron chi connectivity index (χ1n) is 4.91. The molecule has 0 spiro atoms. The van der Waals surface area contributed by atoms with Crippen LogP contribution in [-0.4, -0.2) is 41.9 Å². The monoisotopic (exact) mass is 196 g/mol. The molecular formula is C10H20N4. The summed E-state index contributed by atoms with van der Waals surface area (Å²) in [5.41, 5.74) is 3.44. The highest BCUT2D eigenvalue weighted by molar-refractivity contribution is 5.51. The van der Waals surface area contributed by atoms with Crippen LogP contribution < -0.4 is 5.32 Å². The van der Waals surface area contributed by atoms with Gasteiger partial charge in [-0.05, 0) is 27.9 Å². The average Bonchev–Trinajstić information content (AvgIpc) is 2.31. The van der Waals surface area contributed by atoms with Gasteiger partial charge in [0.2, 0.25) is 0 Å². The highest BCUT2D eigenvalue weighted by Crippen LogP contribution is 2.17. The second-order valence-electron chi connectivity index (χ2n) is 3.90. The molecule has 0 unspecified atom stereocenters. The largest absolute Gasteiger partial charge is 0.381 e. The van der Waals surface area contributed by atoms with Crippen molar-refractivity contribution in [1.29, 1.82) is 0 Å². The van der Waals surface area contributed by atoms with Gasteiger partial charge in [-0.1, -0.05) is 0 Å². The summed E-state index contributed by atoms with van der Waals surface area (Å²) < 4.78 is 1.91. The Morgan fingerprint density at radius 2 is 2.00 bits per heavy atom. The zero-order chi connectivity index (χ0) is 10.7. The third-order valence-corrected chi connectivity index (χ3v) is 2.37. The summed E-state index contributed by atoms with van der Waals surface area (Å²) in [6.07, 6.45) is 0. The van der Waals surface area contributed by atoms with E-state index in [9.17, 15) is 0 Å². The molecule has 0 amide bonds. The molecule has 1 aromatic heterocycles. The van der Waals surface area contributed by atoms with Crippen LogP contribution in [0.3, 0.4) is 0 Å². The van der Waals surface area contributed by atoms with E-state index in [2.05, 4.69) is 36.3 Å². The lowest BCUT2D eigenvalue weighted by Gasteiger charge is -2.11. The van der Waals surface area contributed by atoms with Crippen molar-refractivity contribution < 1.29 is 0 Å². The second-order valence-corrected chi connectivity index (χ2v) is 3.90. The van der Waals surface area contributed by atoms with Crippen LogP contribution in [0.15, 0.2) is 0 Å². The van der Waals surface area contributed by atoms with Crippen LogP contribution in [0.1, 0.15) is 11.4 Å². The van der Waals surface area contributed by atoms with Gasteiger partial charge < -0.3 is 10.2 Å². The minimum atomic E-state index is 0.959. The van der Waals surface area contributed by atoms with E-state index in [0.717, 1.165) is 18.8 Å². The van der Waals surface area contributed by atoms with E-state index in [-0.39, 0.29) is 0 Å². The Bertz CT molecular complexity index is 301.